The average molecular weight is 330 g/mol. The fraction of sp³-hybridized carbons (Fsp3) is 0.278. The Hall–Kier alpha value is -1.85. The lowest BCUT2D eigenvalue weighted by Crippen LogP contribution is -2.34. The molecule has 0 aliphatic carbocycles. The standard InChI is InChI=1S/C18H19FN2OS/c19-15-8-4-5-9-16(15)23-17(13-6-2-1-3-7-13)18(22)21-11-10-14(20)12-21/h1-9,14,17H,10-12,20H2/t14-,17?/m1/s1. The van der Waals surface area contributed by atoms with Crippen LogP contribution in [0.3, 0.4) is 0 Å². The summed E-state index contributed by atoms with van der Waals surface area (Å²) in [7, 11) is 0. The Morgan fingerprint density at radius 3 is 2.52 bits per heavy atom. The molecule has 3 nitrogen and oxygen atoms in total. The van der Waals surface area contributed by atoms with Crippen molar-refractivity contribution >= 4 is 17.7 Å². The van der Waals surface area contributed by atoms with Crippen molar-refractivity contribution < 1.29 is 9.18 Å². The van der Waals surface area contributed by atoms with Gasteiger partial charge in [0.15, 0.2) is 0 Å². The summed E-state index contributed by atoms with van der Waals surface area (Å²) in [6.45, 7) is 1.24. The number of halogens is 1. The molecule has 0 spiro atoms. The minimum Gasteiger partial charge on any atom is -0.340 e. The van der Waals surface area contributed by atoms with Gasteiger partial charge in [-0.1, -0.05) is 42.5 Å². The highest BCUT2D eigenvalue weighted by Crippen LogP contribution is 2.38. The number of rotatable bonds is 4. The third-order valence-corrected chi connectivity index (χ3v) is 5.24. The van der Waals surface area contributed by atoms with Crippen molar-refractivity contribution in [2.75, 3.05) is 13.1 Å². The van der Waals surface area contributed by atoms with Crippen molar-refractivity contribution in [2.45, 2.75) is 22.6 Å². The maximum Gasteiger partial charge on any atom is 0.240 e. The van der Waals surface area contributed by atoms with E-state index in [9.17, 15) is 9.18 Å². The minimum absolute atomic E-state index is 0.00240. The number of carbonyl (C=O) groups is 1. The van der Waals surface area contributed by atoms with E-state index < -0.39 is 5.25 Å². The molecule has 2 aromatic carbocycles. The van der Waals surface area contributed by atoms with Gasteiger partial charge in [-0.05, 0) is 24.1 Å². The van der Waals surface area contributed by atoms with E-state index in [2.05, 4.69) is 0 Å². The van der Waals surface area contributed by atoms with Crippen LogP contribution in [0.1, 0.15) is 17.2 Å². The molecule has 3 rings (SSSR count). The molecule has 0 saturated carbocycles. The summed E-state index contributed by atoms with van der Waals surface area (Å²) in [5.74, 6) is -0.304. The predicted molar refractivity (Wildman–Crippen MR) is 90.6 cm³/mol. The number of hydrogen-bond acceptors (Lipinski definition) is 3. The van der Waals surface area contributed by atoms with E-state index in [1.807, 2.05) is 30.3 Å². The second kappa shape index (κ2) is 7.15. The summed E-state index contributed by atoms with van der Waals surface area (Å²) in [5.41, 5.74) is 6.80. The van der Waals surface area contributed by atoms with E-state index in [0.29, 0.717) is 18.0 Å². The van der Waals surface area contributed by atoms with Crippen LogP contribution in [-0.2, 0) is 4.79 Å². The predicted octanol–water partition coefficient (Wildman–Crippen LogP) is 3.22. The molecule has 0 bridgehead atoms. The zero-order valence-electron chi connectivity index (χ0n) is 12.7. The van der Waals surface area contributed by atoms with Gasteiger partial charge >= 0.3 is 0 Å². The molecule has 5 heteroatoms. The van der Waals surface area contributed by atoms with Gasteiger partial charge in [0.1, 0.15) is 11.1 Å². The largest absolute Gasteiger partial charge is 0.340 e. The number of likely N-dealkylation sites (tertiary alicyclic amines) is 1. The van der Waals surface area contributed by atoms with Crippen molar-refractivity contribution in [1.29, 1.82) is 0 Å². The van der Waals surface area contributed by atoms with Gasteiger partial charge in [-0.2, -0.15) is 0 Å². The van der Waals surface area contributed by atoms with E-state index >= 15 is 0 Å². The summed E-state index contributed by atoms with van der Waals surface area (Å²) >= 11 is 1.26. The van der Waals surface area contributed by atoms with E-state index in [0.717, 1.165) is 12.0 Å². The van der Waals surface area contributed by atoms with Crippen LogP contribution in [-0.4, -0.2) is 29.9 Å². The monoisotopic (exact) mass is 330 g/mol. The van der Waals surface area contributed by atoms with Crippen LogP contribution >= 0.6 is 11.8 Å². The molecule has 0 aromatic heterocycles. The molecule has 1 fully saturated rings. The van der Waals surface area contributed by atoms with Gasteiger partial charge in [0, 0.05) is 24.0 Å². The Kier molecular flexibility index (Phi) is 4.98. The maximum atomic E-state index is 14.0. The van der Waals surface area contributed by atoms with Crippen molar-refractivity contribution in [1.82, 2.24) is 4.90 Å². The number of nitrogens with two attached hydrogens (primary N) is 1. The lowest BCUT2D eigenvalue weighted by atomic mass is 10.1. The summed E-state index contributed by atoms with van der Waals surface area (Å²) in [5, 5.41) is -0.460. The van der Waals surface area contributed by atoms with Crippen molar-refractivity contribution in [3.63, 3.8) is 0 Å². The van der Waals surface area contributed by atoms with Gasteiger partial charge in [0.2, 0.25) is 5.91 Å². The van der Waals surface area contributed by atoms with Crippen molar-refractivity contribution in [2.24, 2.45) is 5.73 Å². The van der Waals surface area contributed by atoms with Gasteiger partial charge in [-0.3, -0.25) is 4.79 Å². The smallest absolute Gasteiger partial charge is 0.240 e. The van der Waals surface area contributed by atoms with Crippen LogP contribution in [0.4, 0.5) is 4.39 Å². The Morgan fingerprint density at radius 1 is 1.17 bits per heavy atom. The summed E-state index contributed by atoms with van der Waals surface area (Å²) in [4.78, 5) is 15.2. The van der Waals surface area contributed by atoms with Crippen LogP contribution in [0, 0.1) is 5.82 Å². The van der Waals surface area contributed by atoms with Gasteiger partial charge in [-0.25, -0.2) is 4.39 Å². The molecule has 120 valence electrons. The number of thioether (sulfide) groups is 1. The number of nitrogens with zero attached hydrogens (tertiary/aromatic N) is 1. The average Bonchev–Trinajstić information content (AvgIpc) is 3.01. The van der Waals surface area contributed by atoms with Crippen LogP contribution in [0.5, 0.6) is 0 Å². The van der Waals surface area contributed by atoms with Gasteiger partial charge in [0.05, 0.1) is 0 Å². The van der Waals surface area contributed by atoms with Gasteiger partial charge < -0.3 is 10.6 Å². The minimum atomic E-state index is -0.460. The molecular formula is C18H19FN2OS. The quantitative estimate of drug-likeness (QED) is 0.876. The SMILES string of the molecule is N[C@@H]1CCN(C(=O)C(Sc2ccccc2F)c2ccccc2)C1. The third kappa shape index (κ3) is 3.74. The fourth-order valence-electron chi connectivity index (χ4n) is 2.71. The molecule has 1 heterocycles. The van der Waals surface area contributed by atoms with Crippen LogP contribution in [0.2, 0.25) is 0 Å². The summed E-state index contributed by atoms with van der Waals surface area (Å²) in [6.07, 6.45) is 0.817. The lowest BCUT2D eigenvalue weighted by molar-refractivity contribution is -0.129. The first kappa shape index (κ1) is 16.0. The highest BCUT2D eigenvalue weighted by Gasteiger charge is 2.31. The number of amides is 1. The van der Waals surface area contributed by atoms with Crippen LogP contribution in [0.15, 0.2) is 59.5 Å². The van der Waals surface area contributed by atoms with Gasteiger partial charge in [0.25, 0.3) is 0 Å². The first-order valence-corrected chi connectivity index (χ1v) is 8.53. The molecule has 2 atom stereocenters. The third-order valence-electron chi connectivity index (χ3n) is 3.94. The van der Waals surface area contributed by atoms with E-state index in [-0.39, 0.29) is 17.8 Å². The Bertz CT molecular complexity index is 680. The zero-order chi connectivity index (χ0) is 16.2. The van der Waals surface area contributed by atoms with Gasteiger partial charge in [-0.15, -0.1) is 11.8 Å². The molecule has 23 heavy (non-hydrogen) atoms. The second-order valence-corrected chi connectivity index (χ2v) is 6.82. The Morgan fingerprint density at radius 2 is 1.87 bits per heavy atom. The molecule has 1 saturated heterocycles. The van der Waals surface area contributed by atoms with E-state index in [4.69, 9.17) is 5.73 Å². The number of hydrogen-bond donors (Lipinski definition) is 1. The summed E-state index contributed by atoms with van der Waals surface area (Å²) in [6, 6.07) is 16.1. The maximum absolute atomic E-state index is 14.0. The molecule has 0 radical (unpaired) electrons. The topological polar surface area (TPSA) is 46.3 Å². The first-order chi connectivity index (χ1) is 11.1. The molecule has 1 aliphatic heterocycles. The number of carbonyl (C=O) groups excluding carboxylic acids is 1. The molecular weight excluding hydrogens is 311 g/mol. The zero-order valence-corrected chi connectivity index (χ0v) is 13.5. The van der Waals surface area contributed by atoms with E-state index in [1.54, 1.807) is 23.1 Å². The molecule has 1 amide bonds. The fourth-order valence-corrected chi connectivity index (χ4v) is 3.84. The summed E-state index contributed by atoms with van der Waals surface area (Å²) < 4.78 is 14.0. The van der Waals surface area contributed by atoms with Crippen molar-refractivity contribution in [3.05, 3.63) is 66.0 Å². The van der Waals surface area contributed by atoms with E-state index in [1.165, 1.54) is 17.8 Å². The van der Waals surface area contributed by atoms with Crippen LogP contribution in [0.25, 0.3) is 0 Å². The highest BCUT2D eigenvalue weighted by atomic mass is 32.2. The highest BCUT2D eigenvalue weighted by molar-refractivity contribution is 8.00. The molecule has 1 unspecified atom stereocenters. The second-order valence-electron chi connectivity index (χ2n) is 5.67. The molecule has 2 aromatic rings. The molecule has 1 aliphatic rings. The first-order valence-electron chi connectivity index (χ1n) is 7.65. The van der Waals surface area contributed by atoms with Crippen molar-refractivity contribution in [3.8, 4) is 0 Å². The lowest BCUT2D eigenvalue weighted by Gasteiger charge is -2.23. The Labute approximate surface area is 139 Å². The van der Waals surface area contributed by atoms with Crippen LogP contribution < -0.4 is 5.73 Å². The normalized spacial score (nSPS) is 18.9. The number of benzene rings is 2. The molecule has 2 N–H and O–H groups in total. The Balaban J connectivity index is 1.88.